The van der Waals surface area contributed by atoms with E-state index in [-0.39, 0.29) is 5.41 Å². The van der Waals surface area contributed by atoms with Gasteiger partial charge < -0.3 is 0 Å². The van der Waals surface area contributed by atoms with Gasteiger partial charge in [-0.1, -0.05) is 43.2 Å². The molecule has 2 aromatic rings. The Balaban J connectivity index is 1.68. The first-order valence-electron chi connectivity index (χ1n) is 8.88. The number of benzene rings is 1. The summed E-state index contributed by atoms with van der Waals surface area (Å²) in [7, 11) is 4.29. The Morgan fingerprint density at radius 1 is 1.04 bits per heavy atom. The molecule has 0 bridgehead atoms. The van der Waals surface area contributed by atoms with E-state index in [4.69, 9.17) is 10.1 Å². The standard InChI is InChI=1S/C19H26N4/c1-22-14-8-4-7-11-16(22)17-20-18(21-23(17)2)19(12-13-19)15-9-5-3-6-10-15/h3,5-6,9-10,16H,4,7-8,11-14H2,1-2H3. The van der Waals surface area contributed by atoms with Crippen LogP contribution < -0.4 is 0 Å². The summed E-state index contributed by atoms with van der Waals surface area (Å²) in [6.45, 7) is 1.16. The van der Waals surface area contributed by atoms with Crippen LogP contribution in [0.4, 0.5) is 0 Å². The van der Waals surface area contributed by atoms with Crippen LogP contribution in [0, 0.1) is 0 Å². The van der Waals surface area contributed by atoms with Crippen LogP contribution in [0.1, 0.15) is 61.8 Å². The number of likely N-dealkylation sites (tertiary alicyclic amines) is 1. The van der Waals surface area contributed by atoms with Gasteiger partial charge in [0.1, 0.15) is 5.82 Å². The smallest absolute Gasteiger partial charge is 0.161 e. The van der Waals surface area contributed by atoms with E-state index < -0.39 is 0 Å². The highest BCUT2D eigenvalue weighted by atomic mass is 15.4. The van der Waals surface area contributed by atoms with E-state index in [1.807, 2.05) is 4.68 Å². The van der Waals surface area contributed by atoms with Crippen molar-refractivity contribution in [1.82, 2.24) is 19.7 Å². The lowest BCUT2D eigenvalue weighted by Gasteiger charge is -2.24. The maximum absolute atomic E-state index is 5.05. The molecule has 4 rings (SSSR count). The van der Waals surface area contributed by atoms with Gasteiger partial charge in [0.2, 0.25) is 0 Å². The number of rotatable bonds is 3. The van der Waals surface area contributed by atoms with Crippen molar-refractivity contribution >= 4 is 0 Å². The molecule has 0 N–H and O–H groups in total. The molecule has 0 amide bonds. The number of aryl methyl sites for hydroxylation is 1. The van der Waals surface area contributed by atoms with Gasteiger partial charge >= 0.3 is 0 Å². The van der Waals surface area contributed by atoms with Crippen LogP contribution in [0.15, 0.2) is 30.3 Å². The normalized spacial score (nSPS) is 24.3. The first-order chi connectivity index (χ1) is 11.2. The van der Waals surface area contributed by atoms with Gasteiger partial charge in [-0.05, 0) is 44.8 Å². The zero-order valence-corrected chi connectivity index (χ0v) is 14.2. The third-order valence-corrected chi connectivity index (χ3v) is 5.62. The Morgan fingerprint density at radius 2 is 1.83 bits per heavy atom. The van der Waals surface area contributed by atoms with Gasteiger partial charge in [-0.2, -0.15) is 5.10 Å². The fraction of sp³-hybridized carbons (Fsp3) is 0.579. The molecule has 1 saturated carbocycles. The number of aromatic nitrogens is 3. The van der Waals surface area contributed by atoms with Gasteiger partial charge in [0.25, 0.3) is 0 Å². The zero-order valence-electron chi connectivity index (χ0n) is 14.2. The highest BCUT2D eigenvalue weighted by Gasteiger charge is 2.49. The molecule has 122 valence electrons. The fourth-order valence-electron chi connectivity index (χ4n) is 3.99. The summed E-state index contributed by atoms with van der Waals surface area (Å²) in [5, 5.41) is 4.84. The van der Waals surface area contributed by atoms with E-state index in [1.54, 1.807) is 0 Å². The maximum atomic E-state index is 5.05. The molecule has 1 unspecified atom stereocenters. The van der Waals surface area contributed by atoms with Crippen LogP contribution in [0.25, 0.3) is 0 Å². The van der Waals surface area contributed by atoms with Crippen molar-refractivity contribution in [1.29, 1.82) is 0 Å². The van der Waals surface area contributed by atoms with Crippen molar-refractivity contribution < 1.29 is 0 Å². The van der Waals surface area contributed by atoms with E-state index in [1.165, 1.54) is 44.1 Å². The van der Waals surface area contributed by atoms with Crippen LogP contribution >= 0.6 is 0 Å². The highest BCUT2D eigenvalue weighted by molar-refractivity contribution is 5.39. The van der Waals surface area contributed by atoms with E-state index in [9.17, 15) is 0 Å². The van der Waals surface area contributed by atoms with Gasteiger partial charge in [-0.3, -0.25) is 9.58 Å². The SMILES string of the molecule is CN1CCCCCC1c1nc(C2(c3ccccc3)CC2)nn1C. The Labute approximate surface area is 138 Å². The molecule has 1 aliphatic carbocycles. The molecule has 1 saturated heterocycles. The van der Waals surface area contributed by atoms with Gasteiger partial charge in [0.15, 0.2) is 5.82 Å². The molecule has 0 radical (unpaired) electrons. The molecule has 23 heavy (non-hydrogen) atoms. The molecule has 0 spiro atoms. The number of hydrogen-bond donors (Lipinski definition) is 0. The lowest BCUT2D eigenvalue weighted by Crippen LogP contribution is -2.26. The topological polar surface area (TPSA) is 34.0 Å². The Bertz CT molecular complexity index is 672. The van der Waals surface area contributed by atoms with Gasteiger partial charge in [0, 0.05) is 7.05 Å². The van der Waals surface area contributed by atoms with E-state index in [0.29, 0.717) is 6.04 Å². The van der Waals surface area contributed by atoms with E-state index >= 15 is 0 Å². The summed E-state index contributed by atoms with van der Waals surface area (Å²) in [6.07, 6.45) is 7.45. The largest absolute Gasteiger partial charge is 0.297 e. The van der Waals surface area contributed by atoms with Gasteiger partial charge in [-0.15, -0.1) is 0 Å². The Kier molecular flexibility index (Phi) is 3.72. The average Bonchev–Trinajstić information content (AvgIpc) is 3.33. The molecular weight excluding hydrogens is 284 g/mol. The van der Waals surface area contributed by atoms with Crippen LogP contribution in [-0.4, -0.2) is 33.3 Å². The average molecular weight is 310 g/mol. The summed E-state index contributed by atoms with van der Waals surface area (Å²) in [5.74, 6) is 2.17. The molecular formula is C19H26N4. The third kappa shape index (κ3) is 2.59. The van der Waals surface area contributed by atoms with Crippen molar-refractivity contribution in [2.45, 2.75) is 50.0 Å². The van der Waals surface area contributed by atoms with Crippen molar-refractivity contribution in [3.8, 4) is 0 Å². The predicted octanol–water partition coefficient (Wildman–Crippen LogP) is 3.44. The molecule has 2 fully saturated rings. The lowest BCUT2D eigenvalue weighted by molar-refractivity contribution is 0.235. The minimum Gasteiger partial charge on any atom is -0.297 e. The molecule has 1 aliphatic heterocycles. The second kappa shape index (κ2) is 5.75. The minimum absolute atomic E-state index is 0.0700. The summed E-state index contributed by atoms with van der Waals surface area (Å²) in [6, 6.07) is 11.2. The third-order valence-electron chi connectivity index (χ3n) is 5.62. The second-order valence-electron chi connectivity index (χ2n) is 7.21. The fourth-order valence-corrected chi connectivity index (χ4v) is 3.99. The highest BCUT2D eigenvalue weighted by Crippen LogP contribution is 2.52. The molecule has 4 nitrogen and oxygen atoms in total. The van der Waals surface area contributed by atoms with Crippen LogP contribution in [0.5, 0.6) is 0 Å². The minimum atomic E-state index is 0.0700. The number of hydrogen-bond acceptors (Lipinski definition) is 3. The first kappa shape index (κ1) is 14.9. The summed E-state index contributed by atoms with van der Waals surface area (Å²) < 4.78 is 2.03. The van der Waals surface area contributed by atoms with Crippen molar-refractivity contribution in [3.63, 3.8) is 0 Å². The Hall–Kier alpha value is -1.68. The number of nitrogens with zero attached hydrogens (tertiary/aromatic N) is 4. The summed E-state index contributed by atoms with van der Waals surface area (Å²) in [5.41, 5.74) is 1.44. The van der Waals surface area contributed by atoms with Crippen molar-refractivity contribution in [2.24, 2.45) is 7.05 Å². The molecule has 2 heterocycles. The lowest BCUT2D eigenvalue weighted by atomic mass is 9.95. The van der Waals surface area contributed by atoms with E-state index in [0.717, 1.165) is 18.2 Å². The predicted molar refractivity (Wildman–Crippen MR) is 91.3 cm³/mol. The molecule has 4 heteroatoms. The maximum Gasteiger partial charge on any atom is 0.161 e. The monoisotopic (exact) mass is 310 g/mol. The zero-order chi connectivity index (χ0) is 15.9. The van der Waals surface area contributed by atoms with Gasteiger partial charge in [-0.25, -0.2) is 4.98 Å². The Morgan fingerprint density at radius 3 is 2.57 bits per heavy atom. The van der Waals surface area contributed by atoms with Crippen LogP contribution in [0.2, 0.25) is 0 Å². The van der Waals surface area contributed by atoms with Crippen LogP contribution in [-0.2, 0) is 12.5 Å². The van der Waals surface area contributed by atoms with Gasteiger partial charge in [0.05, 0.1) is 11.5 Å². The summed E-state index contributed by atoms with van der Waals surface area (Å²) >= 11 is 0. The van der Waals surface area contributed by atoms with E-state index in [2.05, 4.69) is 49.3 Å². The summed E-state index contributed by atoms with van der Waals surface area (Å²) in [4.78, 5) is 7.51. The molecule has 1 aromatic heterocycles. The van der Waals surface area contributed by atoms with Crippen molar-refractivity contribution in [3.05, 3.63) is 47.5 Å². The second-order valence-corrected chi connectivity index (χ2v) is 7.21. The van der Waals surface area contributed by atoms with Crippen LogP contribution in [0.3, 0.4) is 0 Å². The molecule has 1 aromatic carbocycles. The first-order valence-corrected chi connectivity index (χ1v) is 8.88. The molecule has 2 aliphatic rings. The quantitative estimate of drug-likeness (QED) is 0.871. The van der Waals surface area contributed by atoms with Crippen molar-refractivity contribution in [2.75, 3.05) is 13.6 Å². The molecule has 1 atom stereocenters.